The smallest absolute Gasteiger partial charge is 0.255 e. The van der Waals surface area contributed by atoms with Crippen molar-refractivity contribution < 1.29 is 9.53 Å². The Labute approximate surface area is 144 Å². The Hall–Kier alpha value is -2.31. The van der Waals surface area contributed by atoms with E-state index in [1.165, 1.54) is 10.6 Å². The van der Waals surface area contributed by atoms with Gasteiger partial charge in [-0.2, -0.15) is 0 Å². The van der Waals surface area contributed by atoms with Crippen molar-refractivity contribution in [3.05, 3.63) is 57.5 Å². The molecule has 1 aliphatic rings. The third-order valence-electron chi connectivity index (χ3n) is 3.93. The third kappa shape index (κ3) is 3.44. The van der Waals surface area contributed by atoms with Gasteiger partial charge in [0.05, 0.1) is 29.6 Å². The molecule has 0 radical (unpaired) electrons. The molecule has 1 saturated heterocycles. The summed E-state index contributed by atoms with van der Waals surface area (Å²) >= 11 is 6.35. The summed E-state index contributed by atoms with van der Waals surface area (Å²) in [5.41, 5.74) is 1.47. The van der Waals surface area contributed by atoms with Gasteiger partial charge in [0.1, 0.15) is 0 Å². The number of carbonyl (C=O) groups is 1. The molecule has 6 nitrogen and oxygen atoms in total. The summed E-state index contributed by atoms with van der Waals surface area (Å²) in [7, 11) is 1.64. The van der Waals surface area contributed by atoms with Gasteiger partial charge in [-0.3, -0.25) is 9.59 Å². The van der Waals surface area contributed by atoms with Crippen molar-refractivity contribution in [2.24, 2.45) is 7.05 Å². The van der Waals surface area contributed by atoms with Crippen LogP contribution in [0, 0.1) is 0 Å². The van der Waals surface area contributed by atoms with Crippen LogP contribution in [-0.4, -0.2) is 36.8 Å². The molecule has 1 aliphatic heterocycles. The number of para-hydroxylation sites is 1. The molecule has 0 unspecified atom stereocenters. The molecule has 1 aromatic carbocycles. The van der Waals surface area contributed by atoms with Crippen LogP contribution >= 0.6 is 11.6 Å². The fourth-order valence-corrected chi connectivity index (χ4v) is 2.90. The molecule has 1 amide bonds. The summed E-state index contributed by atoms with van der Waals surface area (Å²) < 4.78 is 6.78. The lowest BCUT2D eigenvalue weighted by molar-refractivity contribution is 0.102. The Morgan fingerprint density at radius 1 is 1.25 bits per heavy atom. The molecule has 0 spiro atoms. The number of nitrogens with one attached hydrogen (secondary N) is 1. The Balaban J connectivity index is 1.89. The zero-order valence-electron chi connectivity index (χ0n) is 13.3. The molecule has 7 heteroatoms. The normalized spacial score (nSPS) is 14.5. The third-order valence-corrected chi connectivity index (χ3v) is 4.23. The quantitative estimate of drug-likeness (QED) is 0.923. The van der Waals surface area contributed by atoms with Gasteiger partial charge in [-0.15, -0.1) is 0 Å². The van der Waals surface area contributed by atoms with Gasteiger partial charge in [0.2, 0.25) is 0 Å². The predicted octanol–water partition coefficient (Wildman–Crippen LogP) is 2.13. The maximum Gasteiger partial charge on any atom is 0.255 e. The lowest BCUT2D eigenvalue weighted by atomic mass is 10.2. The fraction of sp³-hybridized carbons (Fsp3) is 0.294. The number of hydrogen-bond acceptors (Lipinski definition) is 4. The predicted molar refractivity (Wildman–Crippen MR) is 94.1 cm³/mol. The largest absolute Gasteiger partial charge is 0.378 e. The van der Waals surface area contributed by atoms with Crippen molar-refractivity contribution >= 4 is 28.9 Å². The van der Waals surface area contributed by atoms with Crippen LogP contribution in [0.15, 0.2) is 41.3 Å². The molecule has 0 aliphatic carbocycles. The van der Waals surface area contributed by atoms with Crippen molar-refractivity contribution in [1.82, 2.24) is 4.57 Å². The van der Waals surface area contributed by atoms with E-state index in [0.29, 0.717) is 42.6 Å². The number of nitrogens with zero attached hydrogens (tertiary/aromatic N) is 2. The van der Waals surface area contributed by atoms with Crippen LogP contribution in [0.3, 0.4) is 0 Å². The number of aromatic nitrogens is 1. The Morgan fingerprint density at radius 2 is 2.00 bits per heavy atom. The number of carbonyl (C=O) groups excluding carboxylic acids is 1. The number of amides is 1. The molecule has 1 N–H and O–H groups in total. The lowest BCUT2D eigenvalue weighted by Gasteiger charge is -2.31. The van der Waals surface area contributed by atoms with Crippen molar-refractivity contribution in [1.29, 1.82) is 0 Å². The number of aryl methyl sites for hydroxylation is 1. The molecule has 24 heavy (non-hydrogen) atoms. The first kappa shape index (κ1) is 16.5. The van der Waals surface area contributed by atoms with Gasteiger partial charge in [-0.1, -0.05) is 17.7 Å². The van der Waals surface area contributed by atoms with Gasteiger partial charge < -0.3 is 19.5 Å². The van der Waals surface area contributed by atoms with Gasteiger partial charge in [-0.25, -0.2) is 0 Å². The second-order valence-corrected chi connectivity index (χ2v) is 5.96. The van der Waals surface area contributed by atoms with E-state index in [-0.39, 0.29) is 11.5 Å². The van der Waals surface area contributed by atoms with Crippen molar-refractivity contribution in [3.8, 4) is 0 Å². The standard InChI is InChI=1S/C17H18ClN3O3/c1-20-6-5-12(11-15(20)22)17(23)19-14-4-2-3-13(18)16(14)21-7-9-24-10-8-21/h2-6,11H,7-10H2,1H3,(H,19,23). The van der Waals surface area contributed by atoms with E-state index in [9.17, 15) is 9.59 Å². The summed E-state index contributed by atoms with van der Waals surface area (Å²) in [6.07, 6.45) is 1.57. The Morgan fingerprint density at radius 3 is 2.71 bits per heavy atom. The van der Waals surface area contributed by atoms with Gasteiger partial charge in [0.15, 0.2) is 0 Å². The zero-order valence-corrected chi connectivity index (χ0v) is 14.0. The number of hydrogen-bond donors (Lipinski definition) is 1. The van der Waals surface area contributed by atoms with E-state index >= 15 is 0 Å². The van der Waals surface area contributed by atoms with Crippen molar-refractivity contribution in [2.45, 2.75) is 0 Å². The van der Waals surface area contributed by atoms with E-state index in [1.807, 2.05) is 0 Å². The summed E-state index contributed by atoms with van der Waals surface area (Å²) in [5, 5.41) is 3.43. The first-order valence-corrected chi connectivity index (χ1v) is 8.03. The lowest BCUT2D eigenvalue weighted by Crippen LogP contribution is -2.37. The maximum atomic E-state index is 12.5. The van der Waals surface area contributed by atoms with Gasteiger partial charge in [0, 0.05) is 38.0 Å². The Kier molecular flexibility index (Phi) is 4.87. The van der Waals surface area contributed by atoms with Gasteiger partial charge >= 0.3 is 0 Å². The summed E-state index contributed by atoms with van der Waals surface area (Å²) in [6, 6.07) is 8.30. The second-order valence-electron chi connectivity index (χ2n) is 5.55. The molecular weight excluding hydrogens is 330 g/mol. The highest BCUT2D eigenvalue weighted by Gasteiger charge is 2.19. The molecule has 1 aromatic heterocycles. The minimum Gasteiger partial charge on any atom is -0.378 e. The number of halogens is 1. The van der Waals surface area contributed by atoms with E-state index in [1.54, 1.807) is 37.5 Å². The topological polar surface area (TPSA) is 63.6 Å². The highest BCUT2D eigenvalue weighted by molar-refractivity contribution is 6.34. The van der Waals surface area contributed by atoms with Crippen LogP contribution in [-0.2, 0) is 11.8 Å². The van der Waals surface area contributed by atoms with Crippen LogP contribution in [0.1, 0.15) is 10.4 Å². The Bertz CT molecular complexity index is 813. The molecule has 2 heterocycles. The molecule has 2 aromatic rings. The summed E-state index contributed by atoms with van der Waals surface area (Å²) in [6.45, 7) is 2.65. The van der Waals surface area contributed by atoms with Crippen LogP contribution in [0.25, 0.3) is 0 Å². The van der Waals surface area contributed by atoms with Gasteiger partial charge in [0.25, 0.3) is 11.5 Å². The number of rotatable bonds is 3. The number of ether oxygens (including phenoxy) is 1. The number of anilines is 2. The molecule has 126 valence electrons. The summed E-state index contributed by atoms with van der Waals surface area (Å²) in [4.78, 5) is 26.3. The minimum atomic E-state index is -0.343. The average molecular weight is 348 g/mol. The fourth-order valence-electron chi connectivity index (χ4n) is 2.61. The number of benzene rings is 1. The monoisotopic (exact) mass is 347 g/mol. The van der Waals surface area contributed by atoms with Crippen molar-refractivity contribution in [3.63, 3.8) is 0 Å². The van der Waals surface area contributed by atoms with E-state index < -0.39 is 0 Å². The zero-order chi connectivity index (χ0) is 17.1. The van der Waals surface area contributed by atoms with Crippen molar-refractivity contribution in [2.75, 3.05) is 36.5 Å². The molecule has 0 bridgehead atoms. The van der Waals surface area contributed by atoms with Gasteiger partial charge in [-0.05, 0) is 18.2 Å². The number of morpholine rings is 1. The highest BCUT2D eigenvalue weighted by Crippen LogP contribution is 2.34. The number of pyridine rings is 1. The molecule has 0 saturated carbocycles. The minimum absolute atomic E-state index is 0.234. The van der Waals surface area contributed by atoms with E-state index in [0.717, 1.165) is 5.69 Å². The molecular formula is C17H18ClN3O3. The van der Waals surface area contributed by atoms with Crippen LogP contribution in [0.2, 0.25) is 5.02 Å². The summed E-state index contributed by atoms with van der Waals surface area (Å²) in [5.74, 6) is -0.343. The first-order chi connectivity index (χ1) is 11.6. The van der Waals surface area contributed by atoms with Crippen LogP contribution < -0.4 is 15.8 Å². The van der Waals surface area contributed by atoms with Crippen LogP contribution in [0.4, 0.5) is 11.4 Å². The van der Waals surface area contributed by atoms with E-state index in [2.05, 4.69) is 10.2 Å². The molecule has 1 fully saturated rings. The second kappa shape index (κ2) is 7.07. The molecule has 0 atom stereocenters. The highest BCUT2D eigenvalue weighted by atomic mass is 35.5. The average Bonchev–Trinajstić information content (AvgIpc) is 2.58. The van der Waals surface area contributed by atoms with Crippen LogP contribution in [0.5, 0.6) is 0 Å². The molecule has 3 rings (SSSR count). The first-order valence-electron chi connectivity index (χ1n) is 7.65. The van der Waals surface area contributed by atoms with E-state index in [4.69, 9.17) is 16.3 Å². The maximum absolute atomic E-state index is 12.5. The SMILES string of the molecule is Cn1ccc(C(=O)Nc2cccc(Cl)c2N2CCOCC2)cc1=O.